The molecule has 0 spiro atoms. The van der Waals surface area contributed by atoms with Crippen molar-refractivity contribution in [1.29, 1.82) is 0 Å². The van der Waals surface area contributed by atoms with Crippen LogP contribution in [0.1, 0.15) is 56.4 Å². The quantitative estimate of drug-likeness (QED) is 0.528. The highest BCUT2D eigenvalue weighted by Crippen LogP contribution is 2.40. The lowest BCUT2D eigenvalue weighted by Crippen LogP contribution is -2.55. The molecule has 0 bridgehead atoms. The van der Waals surface area contributed by atoms with Crippen molar-refractivity contribution in [3.05, 3.63) is 35.6 Å². The Bertz CT molecular complexity index is 1010. The van der Waals surface area contributed by atoms with Gasteiger partial charge in [0.25, 0.3) is 10.2 Å². The second-order valence-electron chi connectivity index (χ2n) is 10.6. The number of carbonyl (C=O) groups excluding carboxylic acids is 1. The molecular weight excluding hydrogens is 492 g/mol. The maximum Gasteiger partial charge on any atom is 0.409 e. The zero-order valence-corrected chi connectivity index (χ0v) is 21.8. The topological polar surface area (TPSA) is 88.2 Å². The molecule has 2 unspecified atom stereocenters. The average molecular weight is 530 g/mol. The molecule has 2 aliphatic carbocycles. The van der Waals surface area contributed by atoms with Crippen molar-refractivity contribution in [3.63, 3.8) is 0 Å². The molecular formula is C25H37F2N3O5S. The minimum atomic E-state index is -3.66. The molecule has 8 nitrogen and oxygen atoms in total. The van der Waals surface area contributed by atoms with Crippen LogP contribution in [0.15, 0.2) is 24.3 Å². The van der Waals surface area contributed by atoms with Gasteiger partial charge in [-0.15, -0.1) is 0 Å². The smallest absolute Gasteiger partial charge is 0.409 e. The highest BCUT2D eigenvalue weighted by molar-refractivity contribution is 7.87. The molecule has 3 fully saturated rings. The lowest BCUT2D eigenvalue weighted by molar-refractivity contribution is -0.0182. The van der Waals surface area contributed by atoms with Gasteiger partial charge in [0.1, 0.15) is 18.1 Å². The van der Waals surface area contributed by atoms with Gasteiger partial charge in [-0.1, -0.05) is 12.1 Å². The summed E-state index contributed by atoms with van der Waals surface area (Å²) in [4.78, 5) is 14.1. The number of halogens is 2. The van der Waals surface area contributed by atoms with Gasteiger partial charge in [0.2, 0.25) is 0 Å². The number of carbonyl (C=O) groups is 1. The molecule has 2 atom stereocenters. The summed E-state index contributed by atoms with van der Waals surface area (Å²) in [5.74, 6) is -0.205. The number of amides is 1. The Morgan fingerprint density at radius 2 is 1.92 bits per heavy atom. The number of nitrogens with one attached hydrogen (secondary N) is 1. The molecule has 4 rings (SSSR count). The second-order valence-corrected chi connectivity index (χ2v) is 12.5. The maximum absolute atomic E-state index is 13.9. The zero-order valence-electron chi connectivity index (χ0n) is 21.0. The first-order valence-corrected chi connectivity index (χ1v) is 14.2. The Hall–Kier alpha value is -1.82. The van der Waals surface area contributed by atoms with Gasteiger partial charge in [0.15, 0.2) is 0 Å². The summed E-state index contributed by atoms with van der Waals surface area (Å²) in [6.07, 6.45) is 4.09. The predicted molar refractivity (Wildman–Crippen MR) is 131 cm³/mol. The SMILES string of the molecule is CN(C)S(=O)(=O)NC1CCN(C(=O)OCC2(F)CC2)CC1CO[C@H]1CC[C@@H](c2cccc(F)c2)CC1. The van der Waals surface area contributed by atoms with Gasteiger partial charge >= 0.3 is 6.09 Å². The molecule has 1 heterocycles. The molecule has 1 aromatic carbocycles. The van der Waals surface area contributed by atoms with Gasteiger partial charge in [0, 0.05) is 39.1 Å². The Morgan fingerprint density at radius 3 is 2.56 bits per heavy atom. The first-order valence-electron chi connectivity index (χ1n) is 12.7. The van der Waals surface area contributed by atoms with E-state index < -0.39 is 28.0 Å². The maximum atomic E-state index is 13.9. The number of alkyl halides is 1. The van der Waals surface area contributed by atoms with Crippen LogP contribution >= 0.6 is 0 Å². The summed E-state index contributed by atoms with van der Waals surface area (Å²) in [6.45, 7) is 0.618. The minimum absolute atomic E-state index is 0.0181. The predicted octanol–water partition coefficient (Wildman–Crippen LogP) is 3.59. The molecule has 36 heavy (non-hydrogen) atoms. The number of piperidine rings is 1. The average Bonchev–Trinajstić information content (AvgIpc) is 3.59. The van der Waals surface area contributed by atoms with Crippen LogP contribution in [0.3, 0.4) is 0 Å². The van der Waals surface area contributed by atoms with Crippen molar-refractivity contribution in [3.8, 4) is 0 Å². The van der Waals surface area contributed by atoms with Crippen LogP contribution in [0.5, 0.6) is 0 Å². The number of likely N-dealkylation sites (tertiary alicyclic amines) is 1. The highest BCUT2D eigenvalue weighted by atomic mass is 32.2. The summed E-state index contributed by atoms with van der Waals surface area (Å²) in [5.41, 5.74) is -0.378. The summed E-state index contributed by atoms with van der Waals surface area (Å²) in [5, 5.41) is 0. The number of nitrogens with zero attached hydrogens (tertiary/aromatic N) is 2. The van der Waals surface area contributed by atoms with E-state index in [2.05, 4.69) is 4.72 Å². The molecule has 1 N–H and O–H groups in total. The normalized spacial score (nSPS) is 28.2. The molecule has 0 radical (unpaired) electrons. The van der Waals surface area contributed by atoms with E-state index in [0.29, 0.717) is 31.7 Å². The van der Waals surface area contributed by atoms with Gasteiger partial charge in [-0.3, -0.25) is 0 Å². The van der Waals surface area contributed by atoms with E-state index in [1.54, 1.807) is 12.1 Å². The number of ether oxygens (including phenoxy) is 2. The largest absolute Gasteiger partial charge is 0.446 e. The van der Waals surface area contributed by atoms with Crippen LogP contribution in [0.25, 0.3) is 0 Å². The summed E-state index contributed by atoms with van der Waals surface area (Å²) in [6, 6.07) is 6.34. The van der Waals surface area contributed by atoms with Crippen LogP contribution in [0.2, 0.25) is 0 Å². The Morgan fingerprint density at radius 1 is 1.19 bits per heavy atom. The number of rotatable bonds is 9. The van der Waals surface area contributed by atoms with Crippen molar-refractivity contribution < 1.29 is 31.5 Å². The molecule has 3 aliphatic rings. The van der Waals surface area contributed by atoms with Gasteiger partial charge in [-0.2, -0.15) is 17.4 Å². The van der Waals surface area contributed by atoms with Crippen molar-refractivity contribution in [1.82, 2.24) is 13.9 Å². The minimum Gasteiger partial charge on any atom is -0.446 e. The van der Waals surface area contributed by atoms with Gasteiger partial charge in [-0.05, 0) is 68.6 Å². The third kappa shape index (κ3) is 7.14. The fraction of sp³-hybridized carbons (Fsp3) is 0.720. The molecule has 1 aliphatic heterocycles. The van der Waals surface area contributed by atoms with E-state index in [1.807, 2.05) is 6.07 Å². The van der Waals surface area contributed by atoms with Crippen LogP contribution < -0.4 is 4.72 Å². The van der Waals surface area contributed by atoms with E-state index >= 15 is 0 Å². The van der Waals surface area contributed by atoms with Crippen molar-refractivity contribution in [2.45, 2.75) is 68.7 Å². The van der Waals surface area contributed by atoms with Gasteiger partial charge < -0.3 is 14.4 Å². The fourth-order valence-corrected chi connectivity index (χ4v) is 5.87. The van der Waals surface area contributed by atoms with Crippen LogP contribution in [0.4, 0.5) is 13.6 Å². The first-order chi connectivity index (χ1) is 17.0. The third-order valence-corrected chi connectivity index (χ3v) is 9.12. The van der Waals surface area contributed by atoms with Crippen molar-refractivity contribution in [2.24, 2.45) is 5.92 Å². The van der Waals surface area contributed by atoms with Gasteiger partial charge in [0.05, 0.1) is 12.7 Å². The van der Waals surface area contributed by atoms with Gasteiger partial charge in [-0.25, -0.2) is 13.6 Å². The summed E-state index contributed by atoms with van der Waals surface area (Å²) >= 11 is 0. The zero-order chi connectivity index (χ0) is 25.9. The lowest BCUT2D eigenvalue weighted by atomic mass is 9.82. The molecule has 11 heteroatoms. The molecule has 202 valence electrons. The monoisotopic (exact) mass is 529 g/mol. The van der Waals surface area contributed by atoms with Crippen LogP contribution in [-0.2, 0) is 19.7 Å². The Labute approximate surface area is 212 Å². The molecule has 0 aromatic heterocycles. The third-order valence-electron chi connectivity index (χ3n) is 7.56. The van der Waals surface area contributed by atoms with Crippen LogP contribution in [0, 0.1) is 11.7 Å². The van der Waals surface area contributed by atoms with Crippen molar-refractivity contribution in [2.75, 3.05) is 40.4 Å². The lowest BCUT2D eigenvalue weighted by Gasteiger charge is -2.39. The molecule has 1 amide bonds. The fourth-order valence-electron chi connectivity index (χ4n) is 4.96. The number of hydrogen-bond acceptors (Lipinski definition) is 5. The van der Waals surface area contributed by atoms with Crippen LogP contribution in [-0.4, -0.2) is 81.9 Å². The molecule has 2 saturated carbocycles. The number of benzene rings is 1. The van der Waals surface area contributed by atoms with E-state index in [0.717, 1.165) is 35.6 Å². The van der Waals surface area contributed by atoms with E-state index in [-0.39, 0.29) is 37.6 Å². The van der Waals surface area contributed by atoms with Crippen molar-refractivity contribution >= 4 is 16.3 Å². The summed E-state index contributed by atoms with van der Waals surface area (Å²) in [7, 11) is -0.741. The molecule has 1 saturated heterocycles. The molecule has 1 aromatic rings. The first kappa shape index (κ1) is 27.2. The highest BCUT2D eigenvalue weighted by Gasteiger charge is 2.45. The van der Waals surface area contributed by atoms with E-state index in [4.69, 9.17) is 9.47 Å². The number of hydrogen-bond donors (Lipinski definition) is 1. The Kier molecular flexibility index (Phi) is 8.53. The standard InChI is InChI=1S/C25H37F2N3O5S/c1-29(2)36(32,33)28-23-10-13-30(24(31)35-17-25(27)11-12-25)15-20(23)16-34-22-8-6-18(7-9-22)19-4-3-5-21(26)14-19/h3-5,14,18,20,22-23,28H,6-13,15-17H2,1-2H3/t18-,20?,22+,23?. The van der Waals surface area contributed by atoms with E-state index in [9.17, 15) is 22.0 Å². The summed E-state index contributed by atoms with van der Waals surface area (Å²) < 4.78 is 67.7. The second kappa shape index (κ2) is 11.3. The Balaban J connectivity index is 1.33. The van der Waals surface area contributed by atoms with E-state index in [1.165, 1.54) is 25.1 Å².